The maximum Gasteiger partial charge on any atom is 0.337 e. The van der Waals surface area contributed by atoms with Crippen LogP contribution in [0, 0.1) is 6.92 Å². The SMILES string of the molecule is COC(=O)c1ccc(NS(=O)(=O)c2ccc(Cl)c(C)c2)cc1. The molecule has 5 nitrogen and oxygen atoms in total. The van der Waals surface area contributed by atoms with Crippen molar-refractivity contribution in [2.45, 2.75) is 11.8 Å². The summed E-state index contributed by atoms with van der Waals surface area (Å²) in [6.07, 6.45) is 0. The Balaban J connectivity index is 2.25. The summed E-state index contributed by atoms with van der Waals surface area (Å²) in [6, 6.07) is 10.4. The Hall–Kier alpha value is -2.05. The van der Waals surface area contributed by atoms with Crippen LogP contribution in [0.25, 0.3) is 0 Å². The predicted molar refractivity (Wildman–Crippen MR) is 84.8 cm³/mol. The van der Waals surface area contributed by atoms with Gasteiger partial charge in [0.15, 0.2) is 0 Å². The average molecular weight is 340 g/mol. The zero-order valence-corrected chi connectivity index (χ0v) is 13.5. The number of esters is 1. The van der Waals surface area contributed by atoms with Gasteiger partial charge in [0.2, 0.25) is 0 Å². The van der Waals surface area contributed by atoms with Gasteiger partial charge >= 0.3 is 5.97 Å². The number of aryl methyl sites for hydroxylation is 1. The molecule has 2 aromatic carbocycles. The summed E-state index contributed by atoms with van der Waals surface area (Å²) in [5.41, 5.74) is 1.36. The van der Waals surface area contributed by atoms with E-state index in [4.69, 9.17) is 11.6 Å². The zero-order chi connectivity index (χ0) is 16.3. The van der Waals surface area contributed by atoms with Crippen molar-refractivity contribution in [1.29, 1.82) is 0 Å². The lowest BCUT2D eigenvalue weighted by Gasteiger charge is -2.09. The maximum atomic E-state index is 12.3. The molecule has 22 heavy (non-hydrogen) atoms. The van der Waals surface area contributed by atoms with E-state index in [0.29, 0.717) is 21.8 Å². The molecule has 0 aliphatic carbocycles. The number of nitrogens with one attached hydrogen (secondary N) is 1. The van der Waals surface area contributed by atoms with E-state index in [1.807, 2.05) is 0 Å². The Morgan fingerprint density at radius 3 is 2.32 bits per heavy atom. The van der Waals surface area contributed by atoms with Gasteiger partial charge in [-0.15, -0.1) is 0 Å². The molecule has 2 rings (SSSR count). The molecule has 0 aliphatic heterocycles. The van der Waals surface area contributed by atoms with Gasteiger partial charge in [0.1, 0.15) is 0 Å². The smallest absolute Gasteiger partial charge is 0.337 e. The number of halogens is 1. The van der Waals surface area contributed by atoms with Gasteiger partial charge in [0.05, 0.1) is 17.6 Å². The van der Waals surface area contributed by atoms with Crippen LogP contribution in [0.2, 0.25) is 5.02 Å². The molecular weight excluding hydrogens is 326 g/mol. The summed E-state index contributed by atoms with van der Waals surface area (Å²) in [5, 5.41) is 0.501. The fourth-order valence-electron chi connectivity index (χ4n) is 1.79. The number of hydrogen-bond acceptors (Lipinski definition) is 4. The molecule has 116 valence electrons. The van der Waals surface area contributed by atoms with Crippen LogP contribution in [-0.4, -0.2) is 21.5 Å². The van der Waals surface area contributed by atoms with Crippen LogP contribution in [0.4, 0.5) is 5.69 Å². The third kappa shape index (κ3) is 3.58. The van der Waals surface area contributed by atoms with Crippen molar-refractivity contribution in [3.63, 3.8) is 0 Å². The highest BCUT2D eigenvalue weighted by atomic mass is 35.5. The van der Waals surface area contributed by atoms with Crippen molar-refractivity contribution in [3.05, 3.63) is 58.6 Å². The Morgan fingerprint density at radius 2 is 1.77 bits per heavy atom. The second-order valence-electron chi connectivity index (χ2n) is 4.59. The first-order chi connectivity index (χ1) is 10.3. The number of rotatable bonds is 4. The monoisotopic (exact) mass is 339 g/mol. The van der Waals surface area contributed by atoms with Gasteiger partial charge in [0, 0.05) is 10.7 Å². The highest BCUT2D eigenvalue weighted by molar-refractivity contribution is 7.92. The molecule has 2 aromatic rings. The third-order valence-corrected chi connectivity index (χ3v) is 4.80. The summed E-state index contributed by atoms with van der Waals surface area (Å²) < 4.78 is 31.6. The van der Waals surface area contributed by atoms with Crippen molar-refractivity contribution in [3.8, 4) is 0 Å². The van der Waals surface area contributed by atoms with E-state index in [-0.39, 0.29) is 4.90 Å². The lowest BCUT2D eigenvalue weighted by Crippen LogP contribution is -2.13. The fourth-order valence-corrected chi connectivity index (χ4v) is 3.05. The van der Waals surface area contributed by atoms with Crippen molar-refractivity contribution >= 4 is 33.3 Å². The first kappa shape index (κ1) is 16.3. The van der Waals surface area contributed by atoms with Gasteiger partial charge in [0.25, 0.3) is 10.0 Å². The Morgan fingerprint density at radius 1 is 1.14 bits per heavy atom. The van der Waals surface area contributed by atoms with Gasteiger partial charge in [-0.25, -0.2) is 13.2 Å². The van der Waals surface area contributed by atoms with Crippen molar-refractivity contribution in [2.75, 3.05) is 11.8 Å². The van der Waals surface area contributed by atoms with Crippen molar-refractivity contribution in [1.82, 2.24) is 0 Å². The molecule has 0 heterocycles. The van der Waals surface area contributed by atoms with Crippen LogP contribution < -0.4 is 4.72 Å². The van der Waals surface area contributed by atoms with Crippen LogP contribution in [0.15, 0.2) is 47.4 Å². The third-order valence-electron chi connectivity index (χ3n) is 3.00. The van der Waals surface area contributed by atoms with Crippen LogP contribution >= 0.6 is 11.6 Å². The first-order valence-corrected chi connectivity index (χ1v) is 8.17. The van der Waals surface area contributed by atoms with Crippen LogP contribution in [0.5, 0.6) is 0 Å². The summed E-state index contributed by atoms with van der Waals surface area (Å²) in [6.45, 7) is 1.73. The topological polar surface area (TPSA) is 72.5 Å². The Bertz CT molecular complexity index is 801. The van der Waals surface area contributed by atoms with E-state index in [1.54, 1.807) is 6.92 Å². The minimum atomic E-state index is -3.72. The predicted octanol–water partition coefficient (Wildman–Crippen LogP) is 3.24. The van der Waals surface area contributed by atoms with E-state index in [1.165, 1.54) is 49.6 Å². The molecule has 0 aromatic heterocycles. The number of carbonyl (C=O) groups excluding carboxylic acids is 1. The van der Waals surface area contributed by atoms with Gasteiger partial charge in [-0.3, -0.25) is 4.72 Å². The number of carbonyl (C=O) groups is 1. The van der Waals surface area contributed by atoms with Crippen LogP contribution in [-0.2, 0) is 14.8 Å². The van der Waals surface area contributed by atoms with E-state index >= 15 is 0 Å². The van der Waals surface area contributed by atoms with Gasteiger partial charge < -0.3 is 4.74 Å². The molecule has 0 saturated heterocycles. The summed E-state index contributed by atoms with van der Waals surface area (Å²) in [5.74, 6) is -0.484. The minimum absolute atomic E-state index is 0.117. The number of methoxy groups -OCH3 is 1. The van der Waals surface area contributed by atoms with Gasteiger partial charge in [-0.05, 0) is 55.0 Å². The maximum absolute atomic E-state index is 12.3. The number of ether oxygens (including phenoxy) is 1. The fraction of sp³-hybridized carbons (Fsp3) is 0.133. The molecule has 0 unspecified atom stereocenters. The van der Waals surface area contributed by atoms with Crippen molar-refractivity contribution < 1.29 is 17.9 Å². The molecule has 0 saturated carbocycles. The number of sulfonamides is 1. The molecule has 0 spiro atoms. The minimum Gasteiger partial charge on any atom is -0.465 e. The quantitative estimate of drug-likeness (QED) is 0.868. The second-order valence-corrected chi connectivity index (χ2v) is 6.68. The van der Waals surface area contributed by atoms with Crippen LogP contribution in [0.3, 0.4) is 0 Å². The van der Waals surface area contributed by atoms with Crippen LogP contribution in [0.1, 0.15) is 15.9 Å². The first-order valence-electron chi connectivity index (χ1n) is 6.31. The number of anilines is 1. The van der Waals surface area contributed by atoms with E-state index in [2.05, 4.69) is 9.46 Å². The lowest BCUT2D eigenvalue weighted by atomic mass is 10.2. The number of hydrogen-bond donors (Lipinski definition) is 1. The highest BCUT2D eigenvalue weighted by Gasteiger charge is 2.15. The molecule has 0 fully saturated rings. The number of benzene rings is 2. The second kappa shape index (κ2) is 6.37. The van der Waals surface area contributed by atoms with E-state index in [9.17, 15) is 13.2 Å². The van der Waals surface area contributed by atoms with E-state index in [0.717, 1.165) is 0 Å². The lowest BCUT2D eigenvalue weighted by molar-refractivity contribution is 0.0601. The summed E-state index contributed by atoms with van der Waals surface area (Å²) in [4.78, 5) is 11.4. The summed E-state index contributed by atoms with van der Waals surface area (Å²) in [7, 11) is -2.44. The highest BCUT2D eigenvalue weighted by Crippen LogP contribution is 2.22. The molecule has 0 radical (unpaired) electrons. The van der Waals surface area contributed by atoms with Gasteiger partial charge in [-0.2, -0.15) is 0 Å². The molecule has 7 heteroatoms. The molecule has 0 aliphatic rings. The molecule has 0 bridgehead atoms. The Labute approximate surface area is 133 Å². The molecule has 0 atom stereocenters. The molecule has 1 N–H and O–H groups in total. The van der Waals surface area contributed by atoms with Gasteiger partial charge in [-0.1, -0.05) is 11.6 Å². The molecule has 0 amide bonds. The normalized spacial score (nSPS) is 11.0. The zero-order valence-electron chi connectivity index (χ0n) is 12.0. The average Bonchev–Trinajstić information content (AvgIpc) is 2.49. The Kier molecular flexibility index (Phi) is 4.73. The van der Waals surface area contributed by atoms with E-state index < -0.39 is 16.0 Å². The molecular formula is C15H14ClNO4S. The van der Waals surface area contributed by atoms with Crippen molar-refractivity contribution in [2.24, 2.45) is 0 Å². The standard InChI is InChI=1S/C15H14ClNO4S/c1-10-9-13(7-8-14(10)16)22(19,20)17-12-5-3-11(4-6-12)15(18)21-2/h3-9,17H,1-2H3. The largest absolute Gasteiger partial charge is 0.465 e. The summed E-state index contributed by atoms with van der Waals surface area (Å²) >= 11 is 5.89.